The van der Waals surface area contributed by atoms with Crippen LogP contribution >= 0.6 is 12.4 Å². The van der Waals surface area contributed by atoms with Crippen LogP contribution in [-0.4, -0.2) is 45.3 Å². The summed E-state index contributed by atoms with van der Waals surface area (Å²) in [6, 6.07) is 13.4. The van der Waals surface area contributed by atoms with Crippen LogP contribution in [0.2, 0.25) is 0 Å². The van der Waals surface area contributed by atoms with E-state index >= 15 is 0 Å². The lowest BCUT2D eigenvalue weighted by molar-refractivity contribution is -0.137. The molecule has 8 nitrogen and oxygen atoms in total. The van der Waals surface area contributed by atoms with E-state index in [1.165, 1.54) is 0 Å². The number of carboxylic acids is 1. The fourth-order valence-electron chi connectivity index (χ4n) is 3.88. The van der Waals surface area contributed by atoms with E-state index in [1.54, 1.807) is 18.2 Å². The lowest BCUT2D eigenvalue weighted by Crippen LogP contribution is -2.32. The van der Waals surface area contributed by atoms with Gasteiger partial charge in [-0.3, -0.25) is 9.69 Å². The van der Waals surface area contributed by atoms with E-state index in [2.05, 4.69) is 27.2 Å². The van der Waals surface area contributed by atoms with E-state index in [9.17, 15) is 10.1 Å². The second-order valence-corrected chi connectivity index (χ2v) is 8.03. The van der Waals surface area contributed by atoms with Crippen molar-refractivity contribution in [2.45, 2.75) is 39.3 Å². The first-order valence-corrected chi connectivity index (χ1v) is 10.5. The van der Waals surface area contributed by atoms with Gasteiger partial charge in [-0.05, 0) is 49.6 Å². The Bertz CT molecular complexity index is 1190. The van der Waals surface area contributed by atoms with Gasteiger partial charge in [0.1, 0.15) is 11.8 Å². The molecule has 0 saturated heterocycles. The molecule has 0 bridgehead atoms. The number of nitrogens with zero attached hydrogens (tertiary/aromatic N) is 4. The first-order valence-electron chi connectivity index (χ1n) is 10.5. The van der Waals surface area contributed by atoms with E-state index in [0.717, 1.165) is 29.7 Å². The predicted molar refractivity (Wildman–Crippen MR) is 124 cm³/mol. The van der Waals surface area contributed by atoms with Gasteiger partial charge in [-0.25, -0.2) is 0 Å². The van der Waals surface area contributed by atoms with Crippen molar-refractivity contribution in [3.63, 3.8) is 0 Å². The number of benzene rings is 2. The second kappa shape index (κ2) is 10.5. The van der Waals surface area contributed by atoms with E-state index < -0.39 is 5.97 Å². The minimum absolute atomic E-state index is 0. The summed E-state index contributed by atoms with van der Waals surface area (Å²) in [5.74, 6) is 0.573. The minimum Gasteiger partial charge on any atom is -0.490 e. The molecule has 9 heteroatoms. The highest BCUT2D eigenvalue weighted by Crippen LogP contribution is 2.31. The summed E-state index contributed by atoms with van der Waals surface area (Å²) >= 11 is 0. The topological polar surface area (TPSA) is 112 Å². The SMILES string of the molecule is CC(C)Oc1ccc(-c2nc(-c3cccc4c3CCN(CCC(=O)O)C4)no2)cc1C#N.Cl. The van der Waals surface area contributed by atoms with Crippen molar-refractivity contribution in [1.29, 1.82) is 5.26 Å². The molecule has 0 spiro atoms. The summed E-state index contributed by atoms with van der Waals surface area (Å²) in [4.78, 5) is 17.6. The number of halogens is 1. The molecule has 2 aromatic carbocycles. The van der Waals surface area contributed by atoms with E-state index in [-0.39, 0.29) is 24.9 Å². The van der Waals surface area contributed by atoms with Gasteiger partial charge in [0.2, 0.25) is 5.82 Å². The number of aromatic nitrogens is 2. The van der Waals surface area contributed by atoms with Gasteiger partial charge in [-0.15, -0.1) is 12.4 Å². The van der Waals surface area contributed by atoms with Gasteiger partial charge >= 0.3 is 5.97 Å². The van der Waals surface area contributed by atoms with Gasteiger partial charge in [0, 0.05) is 30.8 Å². The van der Waals surface area contributed by atoms with Crippen LogP contribution in [0.5, 0.6) is 5.75 Å². The highest BCUT2D eigenvalue weighted by Gasteiger charge is 2.22. The molecule has 33 heavy (non-hydrogen) atoms. The molecule has 0 unspecified atom stereocenters. The molecule has 0 atom stereocenters. The number of rotatable bonds is 7. The van der Waals surface area contributed by atoms with Crippen molar-refractivity contribution in [2.24, 2.45) is 0 Å². The van der Waals surface area contributed by atoms with Crippen molar-refractivity contribution in [3.05, 3.63) is 53.1 Å². The highest BCUT2D eigenvalue weighted by molar-refractivity contribution is 5.85. The molecule has 1 aliphatic rings. The monoisotopic (exact) mass is 468 g/mol. The van der Waals surface area contributed by atoms with Crippen LogP contribution in [0.25, 0.3) is 22.8 Å². The molecule has 172 valence electrons. The first-order chi connectivity index (χ1) is 15.4. The molecule has 0 saturated carbocycles. The third-order valence-corrected chi connectivity index (χ3v) is 5.36. The van der Waals surface area contributed by atoms with Crippen molar-refractivity contribution >= 4 is 18.4 Å². The normalized spacial score (nSPS) is 13.2. The molecule has 1 N–H and O–H groups in total. The number of aliphatic carboxylic acids is 1. The summed E-state index contributed by atoms with van der Waals surface area (Å²) < 4.78 is 11.2. The zero-order chi connectivity index (χ0) is 22.7. The molecule has 0 amide bonds. The Morgan fingerprint density at radius 2 is 2.15 bits per heavy atom. The zero-order valence-electron chi connectivity index (χ0n) is 18.4. The maximum absolute atomic E-state index is 10.9. The first kappa shape index (κ1) is 24.2. The number of fused-ring (bicyclic) bond motifs is 1. The lowest BCUT2D eigenvalue weighted by atomic mass is 9.94. The summed E-state index contributed by atoms with van der Waals surface area (Å²) in [6.07, 6.45) is 0.885. The Kier molecular flexibility index (Phi) is 7.69. The van der Waals surface area contributed by atoms with Gasteiger partial charge < -0.3 is 14.4 Å². The highest BCUT2D eigenvalue weighted by atomic mass is 35.5. The second-order valence-electron chi connectivity index (χ2n) is 8.03. The minimum atomic E-state index is -0.785. The lowest BCUT2D eigenvalue weighted by Gasteiger charge is -2.29. The quantitative estimate of drug-likeness (QED) is 0.545. The molecule has 2 heterocycles. The molecule has 3 aromatic rings. The fraction of sp³-hybridized carbons (Fsp3) is 0.333. The van der Waals surface area contributed by atoms with Crippen LogP contribution in [0.15, 0.2) is 40.9 Å². The average molecular weight is 469 g/mol. The zero-order valence-corrected chi connectivity index (χ0v) is 19.3. The Morgan fingerprint density at radius 3 is 2.88 bits per heavy atom. The number of carbonyl (C=O) groups is 1. The van der Waals surface area contributed by atoms with Crippen LogP contribution in [0.1, 0.15) is 37.0 Å². The maximum Gasteiger partial charge on any atom is 0.304 e. The van der Waals surface area contributed by atoms with Crippen LogP contribution in [0.4, 0.5) is 0 Å². The molecular weight excluding hydrogens is 444 g/mol. The molecule has 0 fully saturated rings. The molecule has 1 aliphatic heterocycles. The van der Waals surface area contributed by atoms with Gasteiger partial charge in [-0.2, -0.15) is 10.2 Å². The number of nitriles is 1. The number of hydrogen-bond donors (Lipinski definition) is 1. The van der Waals surface area contributed by atoms with Crippen LogP contribution in [0.3, 0.4) is 0 Å². The van der Waals surface area contributed by atoms with E-state index in [1.807, 2.05) is 26.0 Å². The number of ether oxygens (including phenoxy) is 1. The van der Waals surface area contributed by atoms with Gasteiger partial charge in [-0.1, -0.05) is 23.4 Å². The summed E-state index contributed by atoms with van der Waals surface area (Å²) in [5.41, 5.74) is 4.28. The average Bonchev–Trinajstić information content (AvgIpc) is 3.27. The summed E-state index contributed by atoms with van der Waals surface area (Å²) in [6.45, 7) is 5.83. The molecule has 0 radical (unpaired) electrons. The van der Waals surface area contributed by atoms with Crippen LogP contribution in [-0.2, 0) is 17.8 Å². The molecular formula is C24H25ClN4O4. The largest absolute Gasteiger partial charge is 0.490 e. The van der Waals surface area contributed by atoms with Crippen molar-refractivity contribution < 1.29 is 19.2 Å². The summed E-state index contributed by atoms with van der Waals surface area (Å²) in [5, 5.41) is 22.6. The third kappa shape index (κ3) is 5.51. The van der Waals surface area contributed by atoms with Crippen LogP contribution in [0, 0.1) is 11.3 Å². The Morgan fingerprint density at radius 1 is 1.33 bits per heavy atom. The molecule has 1 aromatic heterocycles. The van der Waals surface area contributed by atoms with Crippen LogP contribution < -0.4 is 4.74 Å². The van der Waals surface area contributed by atoms with Gasteiger partial charge in [0.05, 0.1) is 18.1 Å². The Hall–Kier alpha value is -3.41. The van der Waals surface area contributed by atoms with Crippen molar-refractivity contribution in [3.8, 4) is 34.7 Å². The number of hydrogen-bond acceptors (Lipinski definition) is 7. The standard InChI is InChI=1S/C24H24N4O4.ClH/c1-15(2)31-21-7-6-16(12-18(21)13-25)24-26-23(27-32-24)20-5-3-4-17-14-28(10-8-19(17)20)11-9-22(29)30;/h3-7,12,15H,8-11,14H2,1-2H3,(H,29,30);1H. The molecule has 4 rings (SSSR count). The third-order valence-electron chi connectivity index (χ3n) is 5.36. The Labute approximate surface area is 198 Å². The predicted octanol–water partition coefficient (Wildman–Crippen LogP) is 4.32. The van der Waals surface area contributed by atoms with E-state index in [0.29, 0.717) is 41.7 Å². The summed E-state index contributed by atoms with van der Waals surface area (Å²) in [7, 11) is 0. The van der Waals surface area contributed by atoms with Crippen molar-refractivity contribution in [2.75, 3.05) is 13.1 Å². The number of carboxylic acid groups (broad SMARTS) is 1. The smallest absolute Gasteiger partial charge is 0.304 e. The maximum atomic E-state index is 10.9. The van der Waals surface area contributed by atoms with Gasteiger partial charge in [0.25, 0.3) is 5.89 Å². The fourth-order valence-corrected chi connectivity index (χ4v) is 3.88. The van der Waals surface area contributed by atoms with Gasteiger partial charge in [0.15, 0.2) is 0 Å². The Balaban J connectivity index is 0.00000306. The molecule has 0 aliphatic carbocycles. The van der Waals surface area contributed by atoms with E-state index in [4.69, 9.17) is 14.4 Å². The van der Waals surface area contributed by atoms with Crippen molar-refractivity contribution in [1.82, 2.24) is 15.0 Å².